The standard InChI is InChI=1S/C21H20N4OS/c26-20-13-16-12-17(6-7-18(16)22-20)24-8-10-25(11-9-24)21-23-19(14-27-21)15-4-2-1-3-5-15/h1-7,12,14H,8-11,13H2,(H,22,26). The summed E-state index contributed by atoms with van der Waals surface area (Å²) in [5.74, 6) is 0.0879. The Balaban J connectivity index is 1.26. The lowest BCUT2D eigenvalue weighted by molar-refractivity contribution is -0.115. The summed E-state index contributed by atoms with van der Waals surface area (Å²) >= 11 is 1.72. The fraction of sp³-hybridized carbons (Fsp3) is 0.238. The largest absolute Gasteiger partial charge is 0.368 e. The van der Waals surface area contributed by atoms with Gasteiger partial charge in [-0.05, 0) is 23.8 Å². The highest BCUT2D eigenvalue weighted by Crippen LogP contribution is 2.31. The number of amides is 1. The van der Waals surface area contributed by atoms with Crippen LogP contribution in [0.4, 0.5) is 16.5 Å². The number of nitrogens with zero attached hydrogens (tertiary/aromatic N) is 3. The van der Waals surface area contributed by atoms with Crippen LogP contribution in [0.5, 0.6) is 0 Å². The van der Waals surface area contributed by atoms with Gasteiger partial charge in [-0.15, -0.1) is 11.3 Å². The number of aromatic nitrogens is 1. The molecule has 5 rings (SSSR count). The third-order valence-corrected chi connectivity index (χ3v) is 6.09. The summed E-state index contributed by atoms with van der Waals surface area (Å²) in [4.78, 5) is 21.2. The Morgan fingerprint density at radius 2 is 1.74 bits per heavy atom. The van der Waals surface area contributed by atoms with Gasteiger partial charge in [0, 0.05) is 48.5 Å². The molecule has 0 radical (unpaired) electrons. The van der Waals surface area contributed by atoms with Crippen LogP contribution in [-0.4, -0.2) is 37.1 Å². The number of hydrogen-bond acceptors (Lipinski definition) is 5. The van der Waals surface area contributed by atoms with Crippen LogP contribution in [0, 0.1) is 0 Å². The van der Waals surface area contributed by atoms with Crippen molar-refractivity contribution in [2.75, 3.05) is 41.3 Å². The molecule has 3 heterocycles. The van der Waals surface area contributed by atoms with Crippen LogP contribution in [0.25, 0.3) is 11.3 Å². The highest BCUT2D eigenvalue weighted by Gasteiger charge is 2.22. The number of rotatable bonds is 3. The van der Waals surface area contributed by atoms with Crippen LogP contribution in [-0.2, 0) is 11.2 Å². The molecule has 5 nitrogen and oxygen atoms in total. The molecule has 2 aromatic carbocycles. The number of anilines is 3. The van der Waals surface area contributed by atoms with E-state index in [1.165, 1.54) is 11.3 Å². The second kappa shape index (κ2) is 6.70. The molecule has 1 aromatic heterocycles. The number of piperazine rings is 1. The van der Waals surface area contributed by atoms with Gasteiger partial charge in [0.25, 0.3) is 0 Å². The second-order valence-corrected chi connectivity index (χ2v) is 7.76. The maximum Gasteiger partial charge on any atom is 0.228 e. The smallest absolute Gasteiger partial charge is 0.228 e. The molecule has 1 amide bonds. The van der Waals surface area contributed by atoms with Gasteiger partial charge in [0.1, 0.15) is 0 Å². The highest BCUT2D eigenvalue weighted by atomic mass is 32.1. The van der Waals surface area contributed by atoms with Crippen LogP contribution in [0.2, 0.25) is 0 Å². The summed E-state index contributed by atoms with van der Waals surface area (Å²) in [7, 11) is 0. The quantitative estimate of drug-likeness (QED) is 0.758. The summed E-state index contributed by atoms with van der Waals surface area (Å²) in [5.41, 5.74) is 5.48. The second-order valence-electron chi connectivity index (χ2n) is 6.92. The first-order valence-electron chi connectivity index (χ1n) is 9.20. The van der Waals surface area contributed by atoms with Gasteiger partial charge in [-0.3, -0.25) is 4.79 Å². The zero-order chi connectivity index (χ0) is 18.2. The van der Waals surface area contributed by atoms with Crippen molar-refractivity contribution in [1.82, 2.24) is 4.98 Å². The first-order chi connectivity index (χ1) is 13.3. The molecule has 1 saturated heterocycles. The van der Waals surface area contributed by atoms with Crippen LogP contribution in [0.15, 0.2) is 53.9 Å². The molecule has 3 aromatic rings. The van der Waals surface area contributed by atoms with Crippen LogP contribution >= 0.6 is 11.3 Å². The number of carbonyl (C=O) groups is 1. The molecule has 2 aliphatic heterocycles. The van der Waals surface area contributed by atoms with Gasteiger partial charge in [0.2, 0.25) is 5.91 Å². The molecule has 136 valence electrons. The van der Waals surface area contributed by atoms with Crippen LogP contribution in [0.3, 0.4) is 0 Å². The Bertz CT molecular complexity index is 977. The molecular weight excluding hydrogens is 356 g/mol. The first-order valence-corrected chi connectivity index (χ1v) is 10.1. The maximum atomic E-state index is 11.6. The van der Waals surface area contributed by atoms with Crippen LogP contribution in [0.1, 0.15) is 5.56 Å². The van der Waals surface area contributed by atoms with Crippen molar-refractivity contribution < 1.29 is 4.79 Å². The van der Waals surface area contributed by atoms with E-state index in [0.29, 0.717) is 6.42 Å². The summed E-state index contributed by atoms with van der Waals surface area (Å²) in [6.07, 6.45) is 0.491. The predicted octanol–water partition coefficient (Wildman–Crippen LogP) is 3.63. The minimum Gasteiger partial charge on any atom is -0.368 e. The number of fused-ring (bicyclic) bond motifs is 1. The van der Waals surface area contributed by atoms with E-state index in [2.05, 4.69) is 44.8 Å². The fourth-order valence-electron chi connectivity index (χ4n) is 3.72. The average Bonchev–Trinajstić information content (AvgIpc) is 3.34. The zero-order valence-electron chi connectivity index (χ0n) is 14.9. The number of hydrogen-bond donors (Lipinski definition) is 1. The number of nitrogens with one attached hydrogen (secondary N) is 1. The fourth-order valence-corrected chi connectivity index (χ4v) is 4.61. The minimum absolute atomic E-state index is 0.0879. The van der Waals surface area contributed by atoms with Crippen LogP contribution < -0.4 is 15.1 Å². The molecule has 0 saturated carbocycles. The third kappa shape index (κ3) is 3.17. The zero-order valence-corrected chi connectivity index (χ0v) is 15.7. The minimum atomic E-state index is 0.0879. The van der Waals surface area contributed by atoms with E-state index in [1.54, 1.807) is 11.3 Å². The number of thiazole rings is 1. The molecule has 1 N–H and O–H groups in total. The van der Waals surface area contributed by atoms with Crippen molar-refractivity contribution in [1.29, 1.82) is 0 Å². The Kier molecular flexibility index (Phi) is 4.05. The Labute approximate surface area is 162 Å². The van der Waals surface area contributed by atoms with Crippen molar-refractivity contribution in [3.8, 4) is 11.3 Å². The molecular formula is C21H20N4OS. The molecule has 0 unspecified atom stereocenters. The van der Waals surface area contributed by atoms with Crippen molar-refractivity contribution in [3.63, 3.8) is 0 Å². The van der Waals surface area contributed by atoms with E-state index in [4.69, 9.17) is 4.98 Å². The van der Waals surface area contributed by atoms with Gasteiger partial charge in [-0.1, -0.05) is 30.3 Å². The average molecular weight is 376 g/mol. The van der Waals surface area contributed by atoms with Crippen molar-refractivity contribution in [2.24, 2.45) is 0 Å². The molecule has 0 spiro atoms. The predicted molar refractivity (Wildman–Crippen MR) is 111 cm³/mol. The van der Waals surface area contributed by atoms with E-state index < -0.39 is 0 Å². The molecule has 0 aliphatic carbocycles. The van der Waals surface area contributed by atoms with Crippen molar-refractivity contribution in [3.05, 3.63) is 59.5 Å². The van der Waals surface area contributed by atoms with Gasteiger partial charge in [0.15, 0.2) is 5.13 Å². The van der Waals surface area contributed by atoms with Crippen molar-refractivity contribution >= 4 is 33.8 Å². The SMILES string of the molecule is O=C1Cc2cc(N3CCN(c4nc(-c5ccccc5)cs4)CC3)ccc2N1. The first kappa shape index (κ1) is 16.3. The lowest BCUT2D eigenvalue weighted by atomic mass is 10.1. The van der Waals surface area contributed by atoms with Gasteiger partial charge < -0.3 is 15.1 Å². The van der Waals surface area contributed by atoms with Gasteiger partial charge in [-0.25, -0.2) is 4.98 Å². The highest BCUT2D eigenvalue weighted by molar-refractivity contribution is 7.14. The lowest BCUT2D eigenvalue weighted by Gasteiger charge is -2.36. The number of carbonyl (C=O) groups excluding carboxylic acids is 1. The molecule has 0 atom stereocenters. The van der Waals surface area contributed by atoms with Gasteiger partial charge in [-0.2, -0.15) is 0 Å². The third-order valence-electron chi connectivity index (χ3n) is 5.19. The van der Waals surface area contributed by atoms with E-state index >= 15 is 0 Å². The molecule has 6 heteroatoms. The van der Waals surface area contributed by atoms with E-state index in [9.17, 15) is 4.79 Å². The molecule has 2 aliphatic rings. The van der Waals surface area contributed by atoms with E-state index in [1.807, 2.05) is 24.3 Å². The normalized spacial score (nSPS) is 16.4. The van der Waals surface area contributed by atoms with E-state index in [0.717, 1.165) is 48.3 Å². The lowest BCUT2D eigenvalue weighted by Crippen LogP contribution is -2.46. The Morgan fingerprint density at radius 1 is 0.963 bits per heavy atom. The summed E-state index contributed by atoms with van der Waals surface area (Å²) in [6.45, 7) is 3.83. The molecule has 27 heavy (non-hydrogen) atoms. The Hall–Kier alpha value is -2.86. The maximum absolute atomic E-state index is 11.6. The summed E-state index contributed by atoms with van der Waals surface area (Å²) in [6, 6.07) is 16.6. The summed E-state index contributed by atoms with van der Waals surface area (Å²) in [5, 5.41) is 6.13. The molecule has 1 fully saturated rings. The summed E-state index contributed by atoms with van der Waals surface area (Å²) < 4.78 is 0. The number of benzene rings is 2. The topological polar surface area (TPSA) is 48.5 Å². The van der Waals surface area contributed by atoms with Gasteiger partial charge >= 0.3 is 0 Å². The monoisotopic (exact) mass is 376 g/mol. The van der Waals surface area contributed by atoms with Gasteiger partial charge in [0.05, 0.1) is 12.1 Å². The van der Waals surface area contributed by atoms with Crippen molar-refractivity contribution in [2.45, 2.75) is 6.42 Å². The van der Waals surface area contributed by atoms with E-state index in [-0.39, 0.29) is 5.91 Å². The molecule has 0 bridgehead atoms. The Morgan fingerprint density at radius 3 is 2.56 bits per heavy atom.